The molecule has 1 heterocycles. The third-order valence-corrected chi connectivity index (χ3v) is 4.50. The van der Waals surface area contributed by atoms with E-state index in [1.54, 1.807) is 6.20 Å². The van der Waals surface area contributed by atoms with Crippen LogP contribution in [-0.4, -0.2) is 33.0 Å². The van der Waals surface area contributed by atoms with Crippen molar-refractivity contribution in [3.63, 3.8) is 0 Å². The SMILES string of the molecule is O=C(N[C@H](Cc1cnc2ccccc2n1)C(=O)O)C1CCCCC1. The number of hydrogen-bond acceptors (Lipinski definition) is 4. The molecule has 126 valence electrons. The molecule has 2 N–H and O–H groups in total. The highest BCUT2D eigenvalue weighted by Gasteiger charge is 2.27. The second kappa shape index (κ2) is 7.38. The summed E-state index contributed by atoms with van der Waals surface area (Å²) in [4.78, 5) is 32.6. The number of nitrogens with one attached hydrogen (secondary N) is 1. The number of carbonyl (C=O) groups is 2. The largest absolute Gasteiger partial charge is 0.480 e. The highest BCUT2D eigenvalue weighted by Crippen LogP contribution is 2.23. The molecular formula is C18H21N3O3. The summed E-state index contributed by atoms with van der Waals surface area (Å²) in [5.41, 5.74) is 2.04. The van der Waals surface area contributed by atoms with Gasteiger partial charge in [-0.25, -0.2) is 9.78 Å². The maximum atomic E-state index is 12.3. The van der Waals surface area contributed by atoms with Crippen LogP contribution in [0.15, 0.2) is 30.5 Å². The molecule has 0 radical (unpaired) electrons. The number of benzene rings is 1. The summed E-state index contributed by atoms with van der Waals surface area (Å²) >= 11 is 0. The normalized spacial score (nSPS) is 16.7. The van der Waals surface area contributed by atoms with Gasteiger partial charge in [0.15, 0.2) is 0 Å². The zero-order valence-corrected chi connectivity index (χ0v) is 13.4. The van der Waals surface area contributed by atoms with Gasteiger partial charge in [0.25, 0.3) is 0 Å². The van der Waals surface area contributed by atoms with Gasteiger partial charge in [-0.05, 0) is 25.0 Å². The van der Waals surface area contributed by atoms with Crippen molar-refractivity contribution >= 4 is 22.9 Å². The molecule has 1 fully saturated rings. The first kappa shape index (κ1) is 16.4. The summed E-state index contributed by atoms with van der Waals surface area (Å²) in [5, 5.41) is 12.1. The molecule has 24 heavy (non-hydrogen) atoms. The van der Waals surface area contributed by atoms with Crippen LogP contribution in [0, 0.1) is 5.92 Å². The molecule has 6 heteroatoms. The lowest BCUT2D eigenvalue weighted by molar-refractivity contribution is -0.142. The fraction of sp³-hybridized carbons (Fsp3) is 0.444. The number of carboxylic acid groups (broad SMARTS) is 1. The van der Waals surface area contributed by atoms with Crippen molar-refractivity contribution in [3.05, 3.63) is 36.2 Å². The molecule has 0 bridgehead atoms. The van der Waals surface area contributed by atoms with Gasteiger partial charge in [0.05, 0.1) is 16.7 Å². The molecule has 1 aliphatic rings. The lowest BCUT2D eigenvalue weighted by Crippen LogP contribution is -2.45. The highest BCUT2D eigenvalue weighted by molar-refractivity contribution is 5.85. The lowest BCUT2D eigenvalue weighted by atomic mass is 9.88. The summed E-state index contributed by atoms with van der Waals surface area (Å²) in [6.07, 6.45) is 6.61. The van der Waals surface area contributed by atoms with Gasteiger partial charge in [0, 0.05) is 18.5 Å². The summed E-state index contributed by atoms with van der Waals surface area (Å²) in [5.74, 6) is -1.27. The van der Waals surface area contributed by atoms with Crippen molar-refractivity contribution in [2.75, 3.05) is 0 Å². The van der Waals surface area contributed by atoms with Gasteiger partial charge in [-0.15, -0.1) is 0 Å². The number of aromatic nitrogens is 2. The van der Waals surface area contributed by atoms with Gasteiger partial charge < -0.3 is 10.4 Å². The first-order chi connectivity index (χ1) is 11.6. The fourth-order valence-corrected chi connectivity index (χ4v) is 3.16. The van der Waals surface area contributed by atoms with Gasteiger partial charge in [-0.3, -0.25) is 9.78 Å². The minimum atomic E-state index is -1.05. The van der Waals surface area contributed by atoms with Crippen molar-refractivity contribution in [2.45, 2.75) is 44.6 Å². The lowest BCUT2D eigenvalue weighted by Gasteiger charge is -2.23. The standard InChI is InChI=1S/C18H21N3O3/c22-17(12-6-2-1-3-7-12)21-16(18(23)24)10-13-11-19-14-8-4-5-9-15(14)20-13/h4-5,8-9,11-12,16H,1-3,6-7,10H2,(H,21,22)(H,23,24)/t16-/m1/s1. The van der Waals surface area contributed by atoms with Crippen LogP contribution in [0.5, 0.6) is 0 Å². The zero-order valence-electron chi connectivity index (χ0n) is 13.4. The van der Waals surface area contributed by atoms with Gasteiger partial charge >= 0.3 is 5.97 Å². The average Bonchev–Trinajstić information content (AvgIpc) is 2.61. The van der Waals surface area contributed by atoms with Gasteiger partial charge in [0.1, 0.15) is 6.04 Å². The van der Waals surface area contributed by atoms with Gasteiger partial charge in [0.2, 0.25) is 5.91 Å². The number of nitrogens with zero attached hydrogens (tertiary/aromatic N) is 2. The molecule has 3 rings (SSSR count). The van der Waals surface area contributed by atoms with E-state index in [4.69, 9.17) is 0 Å². The Kier molecular flexibility index (Phi) is 5.03. The Bertz CT molecular complexity index is 741. The molecule has 1 aliphatic carbocycles. The summed E-state index contributed by atoms with van der Waals surface area (Å²) in [7, 11) is 0. The molecule has 1 saturated carbocycles. The topological polar surface area (TPSA) is 92.2 Å². The van der Waals surface area contributed by atoms with Gasteiger partial charge in [-0.1, -0.05) is 31.4 Å². The van der Waals surface area contributed by atoms with Crippen molar-refractivity contribution < 1.29 is 14.7 Å². The van der Waals surface area contributed by atoms with E-state index in [2.05, 4.69) is 15.3 Å². The average molecular weight is 327 g/mol. The van der Waals surface area contributed by atoms with Crippen molar-refractivity contribution in [2.24, 2.45) is 5.92 Å². The molecule has 1 aromatic heterocycles. The quantitative estimate of drug-likeness (QED) is 0.879. The third-order valence-electron chi connectivity index (χ3n) is 4.50. The summed E-state index contributed by atoms with van der Waals surface area (Å²) in [6.45, 7) is 0. The number of hydrogen-bond donors (Lipinski definition) is 2. The number of carbonyl (C=O) groups excluding carboxylic acids is 1. The Morgan fingerprint density at radius 3 is 2.58 bits per heavy atom. The van der Waals surface area contributed by atoms with E-state index in [-0.39, 0.29) is 18.2 Å². The third kappa shape index (κ3) is 3.88. The van der Waals surface area contributed by atoms with Crippen LogP contribution in [0.2, 0.25) is 0 Å². The predicted molar refractivity (Wildman–Crippen MR) is 89.4 cm³/mol. The molecular weight excluding hydrogens is 306 g/mol. The zero-order chi connectivity index (χ0) is 16.9. The number of rotatable bonds is 5. The monoisotopic (exact) mass is 327 g/mol. The molecule has 1 atom stereocenters. The molecule has 6 nitrogen and oxygen atoms in total. The first-order valence-corrected chi connectivity index (χ1v) is 8.37. The van der Waals surface area contributed by atoms with E-state index >= 15 is 0 Å². The number of carboxylic acids is 1. The summed E-state index contributed by atoms with van der Waals surface area (Å²) < 4.78 is 0. The minimum absolute atomic E-state index is 0.0664. The Morgan fingerprint density at radius 1 is 1.17 bits per heavy atom. The maximum absolute atomic E-state index is 12.3. The van der Waals surface area contributed by atoms with Crippen LogP contribution in [0.25, 0.3) is 11.0 Å². The van der Waals surface area contributed by atoms with Crippen molar-refractivity contribution in [3.8, 4) is 0 Å². The molecule has 0 unspecified atom stereocenters. The Balaban J connectivity index is 1.70. The van der Waals surface area contributed by atoms with Crippen LogP contribution in [-0.2, 0) is 16.0 Å². The number of fused-ring (bicyclic) bond motifs is 1. The molecule has 2 aromatic rings. The number of amides is 1. The first-order valence-electron chi connectivity index (χ1n) is 8.37. The Labute approximate surface area is 140 Å². The Hall–Kier alpha value is -2.50. The summed E-state index contributed by atoms with van der Waals surface area (Å²) in [6, 6.07) is 6.45. The van der Waals surface area contributed by atoms with E-state index in [1.165, 1.54) is 0 Å². The maximum Gasteiger partial charge on any atom is 0.326 e. The highest BCUT2D eigenvalue weighted by atomic mass is 16.4. The smallest absolute Gasteiger partial charge is 0.326 e. The number of aliphatic carboxylic acids is 1. The van der Waals surface area contributed by atoms with E-state index in [0.717, 1.165) is 43.1 Å². The molecule has 1 amide bonds. The van der Waals surface area contributed by atoms with E-state index in [1.807, 2.05) is 24.3 Å². The minimum Gasteiger partial charge on any atom is -0.480 e. The van der Waals surface area contributed by atoms with Crippen LogP contribution in [0.4, 0.5) is 0 Å². The molecule has 1 aromatic carbocycles. The van der Waals surface area contributed by atoms with Crippen LogP contribution in [0.1, 0.15) is 37.8 Å². The molecule has 0 aliphatic heterocycles. The van der Waals surface area contributed by atoms with Crippen molar-refractivity contribution in [1.82, 2.24) is 15.3 Å². The van der Waals surface area contributed by atoms with Gasteiger partial charge in [-0.2, -0.15) is 0 Å². The second-order valence-electron chi connectivity index (χ2n) is 6.29. The Morgan fingerprint density at radius 2 is 1.88 bits per heavy atom. The predicted octanol–water partition coefficient (Wildman–Crippen LogP) is 2.32. The number of para-hydroxylation sites is 2. The second-order valence-corrected chi connectivity index (χ2v) is 6.29. The van der Waals surface area contributed by atoms with Crippen LogP contribution in [0.3, 0.4) is 0 Å². The van der Waals surface area contributed by atoms with Crippen LogP contribution >= 0.6 is 0 Å². The van der Waals surface area contributed by atoms with E-state index < -0.39 is 12.0 Å². The van der Waals surface area contributed by atoms with Crippen LogP contribution < -0.4 is 5.32 Å². The fourth-order valence-electron chi connectivity index (χ4n) is 3.16. The molecule has 0 saturated heterocycles. The van der Waals surface area contributed by atoms with E-state index in [9.17, 15) is 14.7 Å². The van der Waals surface area contributed by atoms with Crippen molar-refractivity contribution in [1.29, 1.82) is 0 Å². The van der Waals surface area contributed by atoms with E-state index in [0.29, 0.717) is 5.69 Å². The molecule has 0 spiro atoms.